The van der Waals surface area contributed by atoms with E-state index >= 15 is 0 Å². The van der Waals surface area contributed by atoms with Crippen molar-refractivity contribution in [1.29, 1.82) is 0 Å². The van der Waals surface area contributed by atoms with Gasteiger partial charge in [0.2, 0.25) is 0 Å². The van der Waals surface area contributed by atoms with Gasteiger partial charge in [-0.05, 0) is 55.0 Å². The van der Waals surface area contributed by atoms with Crippen LogP contribution in [0, 0.1) is 12.8 Å². The Kier molecular flexibility index (Phi) is 8.31. The average Bonchev–Trinajstić information content (AvgIpc) is 3.53. The molecule has 25 heavy (non-hydrogen) atoms. The van der Waals surface area contributed by atoms with Gasteiger partial charge in [0.05, 0.1) is 6.10 Å². The predicted octanol–water partition coefficient (Wildman–Crippen LogP) is 7.69. The summed E-state index contributed by atoms with van der Waals surface area (Å²) in [4.78, 5) is 0. The van der Waals surface area contributed by atoms with E-state index in [9.17, 15) is 0 Å². The van der Waals surface area contributed by atoms with Crippen molar-refractivity contribution < 1.29 is 4.74 Å². The molecular weight excluding hydrogens is 304 g/mol. The topological polar surface area (TPSA) is 9.23 Å². The smallest absolute Gasteiger partial charge is 0.123 e. The second kappa shape index (κ2) is 10.5. The molecule has 0 aliphatic heterocycles. The van der Waals surface area contributed by atoms with Crippen molar-refractivity contribution in [2.75, 3.05) is 0 Å². The van der Waals surface area contributed by atoms with Crippen LogP contribution in [0.2, 0.25) is 0 Å². The molecule has 0 heterocycles. The van der Waals surface area contributed by atoms with Gasteiger partial charge >= 0.3 is 0 Å². The maximum absolute atomic E-state index is 6.08. The molecule has 2 saturated carbocycles. The molecule has 0 radical (unpaired) electrons. The highest BCUT2D eigenvalue weighted by molar-refractivity contribution is 5.87. The molecule has 2 fully saturated rings. The van der Waals surface area contributed by atoms with E-state index in [4.69, 9.17) is 4.74 Å². The Bertz CT molecular complexity index is 612. The van der Waals surface area contributed by atoms with Crippen LogP contribution in [0.1, 0.15) is 77.7 Å². The van der Waals surface area contributed by atoms with E-state index in [1.54, 1.807) is 0 Å². The standard InChI is InChI=1S/C16H18O.C6H12.C2H6/c1-11-15-6-4-3-5-14(15)9-10-16(11)17-12(2)13-7-8-13;1-2-4-6-5-3-1;1-2/h3-6,9-10,12-13H,7-8H2,1-2H3;1-6H2;1-2H3. The van der Waals surface area contributed by atoms with E-state index < -0.39 is 0 Å². The summed E-state index contributed by atoms with van der Waals surface area (Å²) in [5, 5.41) is 2.59. The minimum Gasteiger partial charge on any atom is -0.490 e. The van der Waals surface area contributed by atoms with Crippen LogP contribution in [-0.2, 0) is 0 Å². The summed E-state index contributed by atoms with van der Waals surface area (Å²) >= 11 is 0. The Morgan fingerprint density at radius 3 is 1.96 bits per heavy atom. The zero-order chi connectivity index (χ0) is 18.1. The van der Waals surface area contributed by atoms with Gasteiger partial charge in [-0.15, -0.1) is 0 Å². The molecule has 1 unspecified atom stereocenters. The molecule has 2 aromatic carbocycles. The van der Waals surface area contributed by atoms with Gasteiger partial charge in [-0.2, -0.15) is 0 Å². The fraction of sp³-hybridized carbons (Fsp3) is 0.583. The van der Waals surface area contributed by atoms with Gasteiger partial charge in [-0.3, -0.25) is 0 Å². The van der Waals surface area contributed by atoms with Gasteiger partial charge in [0.25, 0.3) is 0 Å². The Labute approximate surface area is 154 Å². The highest BCUT2D eigenvalue weighted by Gasteiger charge is 2.29. The molecule has 0 aromatic heterocycles. The van der Waals surface area contributed by atoms with Crippen LogP contribution in [-0.4, -0.2) is 6.10 Å². The van der Waals surface area contributed by atoms with Crippen molar-refractivity contribution in [3.8, 4) is 5.75 Å². The Balaban J connectivity index is 0.000000237. The summed E-state index contributed by atoms with van der Waals surface area (Å²) in [6.45, 7) is 8.34. The van der Waals surface area contributed by atoms with Crippen molar-refractivity contribution >= 4 is 10.8 Å². The lowest BCUT2D eigenvalue weighted by molar-refractivity contribution is 0.197. The highest BCUT2D eigenvalue weighted by atomic mass is 16.5. The molecular formula is C24H36O. The van der Waals surface area contributed by atoms with Crippen LogP contribution in [0.25, 0.3) is 10.8 Å². The van der Waals surface area contributed by atoms with Gasteiger partial charge < -0.3 is 4.74 Å². The normalized spacial score (nSPS) is 17.6. The van der Waals surface area contributed by atoms with E-state index in [1.165, 1.54) is 67.7 Å². The number of rotatable bonds is 3. The van der Waals surface area contributed by atoms with Crippen molar-refractivity contribution in [2.24, 2.45) is 5.92 Å². The number of hydrogen-bond acceptors (Lipinski definition) is 1. The van der Waals surface area contributed by atoms with Gasteiger partial charge in [-0.25, -0.2) is 0 Å². The largest absolute Gasteiger partial charge is 0.490 e. The van der Waals surface area contributed by atoms with E-state index in [0.29, 0.717) is 6.10 Å². The molecule has 138 valence electrons. The minimum atomic E-state index is 0.356. The van der Waals surface area contributed by atoms with E-state index in [-0.39, 0.29) is 0 Å². The van der Waals surface area contributed by atoms with Crippen LogP contribution in [0.4, 0.5) is 0 Å². The summed E-state index contributed by atoms with van der Waals surface area (Å²) in [5.41, 5.74) is 1.26. The number of aryl methyl sites for hydroxylation is 1. The molecule has 1 nitrogen and oxygen atoms in total. The number of ether oxygens (including phenoxy) is 1. The molecule has 0 saturated heterocycles. The van der Waals surface area contributed by atoms with Crippen LogP contribution in [0.15, 0.2) is 36.4 Å². The summed E-state index contributed by atoms with van der Waals surface area (Å²) in [6.07, 6.45) is 12.0. The van der Waals surface area contributed by atoms with Crippen LogP contribution in [0.3, 0.4) is 0 Å². The lowest BCUT2D eigenvalue weighted by atomic mass is 10.0. The van der Waals surface area contributed by atoms with Crippen LogP contribution >= 0.6 is 0 Å². The summed E-state index contributed by atoms with van der Waals surface area (Å²) < 4.78 is 6.08. The van der Waals surface area contributed by atoms with Gasteiger partial charge in [-0.1, -0.05) is 82.7 Å². The summed E-state index contributed by atoms with van der Waals surface area (Å²) in [7, 11) is 0. The van der Waals surface area contributed by atoms with Crippen LogP contribution in [0.5, 0.6) is 5.75 Å². The third-order valence-electron chi connectivity index (χ3n) is 5.25. The van der Waals surface area contributed by atoms with E-state index in [0.717, 1.165) is 11.7 Å². The first-order valence-electron chi connectivity index (χ1n) is 10.4. The van der Waals surface area contributed by atoms with Gasteiger partial charge in [0.1, 0.15) is 5.75 Å². The van der Waals surface area contributed by atoms with Gasteiger partial charge in [0.15, 0.2) is 0 Å². The average molecular weight is 341 g/mol. The zero-order valence-electron chi connectivity index (χ0n) is 16.7. The summed E-state index contributed by atoms with van der Waals surface area (Å²) in [5.74, 6) is 1.82. The molecule has 0 N–H and O–H groups in total. The third-order valence-corrected chi connectivity index (χ3v) is 5.25. The van der Waals surface area contributed by atoms with E-state index in [2.05, 4.69) is 50.2 Å². The fourth-order valence-electron chi connectivity index (χ4n) is 3.46. The predicted molar refractivity (Wildman–Crippen MR) is 111 cm³/mol. The first kappa shape index (κ1) is 19.8. The fourth-order valence-corrected chi connectivity index (χ4v) is 3.46. The molecule has 1 atom stereocenters. The Hall–Kier alpha value is -1.50. The number of benzene rings is 2. The quantitative estimate of drug-likeness (QED) is 0.556. The lowest BCUT2D eigenvalue weighted by Gasteiger charge is -2.17. The minimum absolute atomic E-state index is 0.356. The molecule has 4 rings (SSSR count). The molecule has 0 spiro atoms. The molecule has 2 aromatic rings. The van der Waals surface area contributed by atoms with Crippen molar-refractivity contribution in [1.82, 2.24) is 0 Å². The van der Waals surface area contributed by atoms with Crippen LogP contribution < -0.4 is 4.74 Å². The summed E-state index contributed by atoms with van der Waals surface area (Å²) in [6, 6.07) is 12.7. The third kappa shape index (κ3) is 6.06. The van der Waals surface area contributed by atoms with Crippen molar-refractivity contribution in [3.05, 3.63) is 42.0 Å². The monoisotopic (exact) mass is 340 g/mol. The van der Waals surface area contributed by atoms with E-state index in [1.807, 2.05) is 13.8 Å². The zero-order valence-corrected chi connectivity index (χ0v) is 16.7. The SMILES string of the molecule is C1CCCCC1.CC.Cc1c(OC(C)C2CC2)ccc2ccccc12. The molecule has 0 amide bonds. The molecule has 1 heteroatoms. The highest BCUT2D eigenvalue weighted by Crippen LogP contribution is 2.36. The number of fused-ring (bicyclic) bond motifs is 1. The molecule has 2 aliphatic carbocycles. The molecule has 2 aliphatic rings. The van der Waals surface area contributed by atoms with Crippen molar-refractivity contribution in [3.63, 3.8) is 0 Å². The first-order chi connectivity index (χ1) is 12.3. The maximum Gasteiger partial charge on any atom is 0.123 e. The second-order valence-electron chi connectivity index (χ2n) is 7.19. The maximum atomic E-state index is 6.08. The number of hydrogen-bond donors (Lipinski definition) is 0. The van der Waals surface area contributed by atoms with Crippen molar-refractivity contribution in [2.45, 2.75) is 85.2 Å². The lowest BCUT2D eigenvalue weighted by Crippen LogP contribution is -2.14. The Morgan fingerprint density at radius 2 is 1.40 bits per heavy atom. The molecule has 0 bridgehead atoms. The second-order valence-corrected chi connectivity index (χ2v) is 7.19. The Morgan fingerprint density at radius 1 is 0.840 bits per heavy atom. The van der Waals surface area contributed by atoms with Gasteiger partial charge in [0, 0.05) is 0 Å². The first-order valence-corrected chi connectivity index (χ1v) is 10.4.